The van der Waals surface area contributed by atoms with Crippen molar-refractivity contribution in [3.8, 4) is 0 Å². The second kappa shape index (κ2) is 4.84. The number of aromatic carboxylic acids is 1. The molecule has 0 fully saturated rings. The second-order valence-corrected chi connectivity index (χ2v) is 6.33. The molecule has 0 saturated heterocycles. The lowest BCUT2D eigenvalue weighted by molar-refractivity contribution is 0.0701. The molecule has 102 valence electrons. The van der Waals surface area contributed by atoms with E-state index in [9.17, 15) is 9.59 Å². The summed E-state index contributed by atoms with van der Waals surface area (Å²) in [5, 5.41) is 11.5. The third kappa shape index (κ3) is 2.04. The maximum absolute atomic E-state index is 12.5. The summed E-state index contributed by atoms with van der Waals surface area (Å²) >= 11 is 2.61. The summed E-state index contributed by atoms with van der Waals surface area (Å²) in [6.45, 7) is 2.11. The van der Waals surface area contributed by atoms with Crippen LogP contribution in [0.2, 0.25) is 0 Å². The number of rotatable bonds is 3. The molecule has 20 heavy (non-hydrogen) atoms. The molecule has 0 unspecified atom stereocenters. The van der Waals surface area contributed by atoms with Gasteiger partial charge in [-0.2, -0.15) is 0 Å². The number of nitrogens with zero attached hydrogens (tertiary/aromatic N) is 2. The Kier molecular flexibility index (Phi) is 3.15. The molecule has 0 amide bonds. The number of aromatic nitrogens is 2. The zero-order valence-corrected chi connectivity index (χ0v) is 12.1. The molecule has 0 aliphatic heterocycles. The van der Waals surface area contributed by atoms with Crippen molar-refractivity contribution in [2.24, 2.45) is 0 Å². The van der Waals surface area contributed by atoms with E-state index in [-0.39, 0.29) is 10.4 Å². The Hall–Kier alpha value is -1.99. The lowest BCUT2D eigenvalue weighted by atomic mass is 10.2. The summed E-state index contributed by atoms with van der Waals surface area (Å²) < 4.78 is 1.51. The van der Waals surface area contributed by atoms with Crippen LogP contribution in [0.15, 0.2) is 28.6 Å². The Bertz CT molecular complexity index is 846. The van der Waals surface area contributed by atoms with Crippen LogP contribution in [0.1, 0.15) is 20.1 Å². The number of hydrogen-bond donors (Lipinski definition) is 1. The molecule has 0 radical (unpaired) electrons. The largest absolute Gasteiger partial charge is 0.477 e. The van der Waals surface area contributed by atoms with Crippen molar-refractivity contribution in [3.05, 3.63) is 49.5 Å². The van der Waals surface area contributed by atoms with Gasteiger partial charge in [-0.05, 0) is 23.9 Å². The van der Waals surface area contributed by atoms with Crippen LogP contribution in [0.3, 0.4) is 0 Å². The Morgan fingerprint density at radius 3 is 2.95 bits per heavy atom. The van der Waals surface area contributed by atoms with Gasteiger partial charge in [0.05, 0.1) is 18.3 Å². The zero-order valence-electron chi connectivity index (χ0n) is 10.5. The van der Waals surface area contributed by atoms with Gasteiger partial charge in [0.25, 0.3) is 5.56 Å². The number of hydrogen-bond acceptors (Lipinski definition) is 5. The van der Waals surface area contributed by atoms with Crippen molar-refractivity contribution >= 4 is 38.9 Å². The summed E-state index contributed by atoms with van der Waals surface area (Å²) in [5.74, 6) is -1.02. The highest BCUT2D eigenvalue weighted by Crippen LogP contribution is 2.26. The second-order valence-electron chi connectivity index (χ2n) is 4.30. The van der Waals surface area contributed by atoms with Gasteiger partial charge in [0.15, 0.2) is 0 Å². The summed E-state index contributed by atoms with van der Waals surface area (Å²) in [4.78, 5) is 29.5. The van der Waals surface area contributed by atoms with Crippen molar-refractivity contribution < 1.29 is 9.90 Å². The molecule has 0 atom stereocenters. The number of aryl methyl sites for hydroxylation is 1. The van der Waals surface area contributed by atoms with Gasteiger partial charge < -0.3 is 5.11 Å². The van der Waals surface area contributed by atoms with Gasteiger partial charge in [-0.25, -0.2) is 9.78 Å². The third-order valence-electron chi connectivity index (χ3n) is 3.02. The van der Waals surface area contributed by atoms with Gasteiger partial charge in [-0.1, -0.05) is 6.07 Å². The quantitative estimate of drug-likeness (QED) is 0.807. The van der Waals surface area contributed by atoms with Crippen LogP contribution in [0.5, 0.6) is 0 Å². The highest BCUT2D eigenvalue weighted by Gasteiger charge is 2.18. The molecule has 5 nitrogen and oxygen atoms in total. The monoisotopic (exact) mass is 306 g/mol. The van der Waals surface area contributed by atoms with Gasteiger partial charge in [-0.3, -0.25) is 9.36 Å². The Labute approximate surface area is 121 Å². The smallest absolute Gasteiger partial charge is 0.346 e. The first-order valence-electron chi connectivity index (χ1n) is 5.82. The van der Waals surface area contributed by atoms with E-state index in [1.807, 2.05) is 17.5 Å². The lowest BCUT2D eigenvalue weighted by Gasteiger charge is -2.03. The summed E-state index contributed by atoms with van der Waals surface area (Å²) in [7, 11) is 0. The first-order chi connectivity index (χ1) is 9.58. The fourth-order valence-corrected chi connectivity index (χ4v) is 3.73. The molecule has 0 bridgehead atoms. The normalized spacial score (nSPS) is 11.1. The maximum atomic E-state index is 12.5. The van der Waals surface area contributed by atoms with E-state index in [4.69, 9.17) is 5.11 Å². The molecule has 3 rings (SSSR count). The van der Waals surface area contributed by atoms with Crippen LogP contribution >= 0.6 is 22.7 Å². The van der Waals surface area contributed by atoms with Crippen molar-refractivity contribution in [2.45, 2.75) is 13.5 Å². The Morgan fingerprint density at radius 2 is 2.30 bits per heavy atom. The molecule has 3 aromatic heterocycles. The van der Waals surface area contributed by atoms with E-state index >= 15 is 0 Å². The van der Waals surface area contributed by atoms with Crippen molar-refractivity contribution in [2.75, 3.05) is 0 Å². The minimum absolute atomic E-state index is 0.179. The Morgan fingerprint density at radius 1 is 1.50 bits per heavy atom. The van der Waals surface area contributed by atoms with Crippen molar-refractivity contribution in [3.63, 3.8) is 0 Å². The molecule has 0 saturated carbocycles. The van der Waals surface area contributed by atoms with Gasteiger partial charge in [0.2, 0.25) is 0 Å². The molecule has 3 heterocycles. The van der Waals surface area contributed by atoms with Crippen molar-refractivity contribution in [1.29, 1.82) is 0 Å². The van der Waals surface area contributed by atoms with E-state index in [1.165, 1.54) is 10.9 Å². The minimum atomic E-state index is -1.02. The number of fused-ring (bicyclic) bond motifs is 1. The van der Waals surface area contributed by atoms with Gasteiger partial charge in [0.1, 0.15) is 9.71 Å². The van der Waals surface area contributed by atoms with Gasteiger partial charge in [0, 0.05) is 4.88 Å². The fraction of sp³-hybridized carbons (Fsp3) is 0.154. The third-order valence-corrected chi connectivity index (χ3v) is 5.07. The highest BCUT2D eigenvalue weighted by atomic mass is 32.1. The number of carbonyl (C=O) groups is 1. The molecular formula is C13H10N2O3S2. The summed E-state index contributed by atoms with van der Waals surface area (Å²) in [6, 6.07) is 3.87. The van der Waals surface area contributed by atoms with E-state index in [2.05, 4.69) is 4.98 Å². The van der Waals surface area contributed by atoms with E-state index < -0.39 is 5.97 Å². The van der Waals surface area contributed by atoms with Gasteiger partial charge in [-0.15, -0.1) is 22.7 Å². The predicted molar refractivity (Wildman–Crippen MR) is 79.0 cm³/mol. The molecular weight excluding hydrogens is 296 g/mol. The van der Waals surface area contributed by atoms with Crippen LogP contribution < -0.4 is 5.56 Å². The van der Waals surface area contributed by atoms with Crippen molar-refractivity contribution in [1.82, 2.24) is 9.55 Å². The standard InChI is InChI=1S/C13H10N2O3S2/c1-7-9-11(20-10(7)13(17)18)14-6-15(12(9)16)5-8-3-2-4-19-8/h2-4,6H,5H2,1H3,(H,17,18). The van der Waals surface area contributed by atoms with Gasteiger partial charge >= 0.3 is 5.97 Å². The summed E-state index contributed by atoms with van der Waals surface area (Å²) in [6.07, 6.45) is 1.48. The molecule has 3 aromatic rings. The molecule has 0 spiro atoms. The van der Waals surface area contributed by atoms with Crippen LogP contribution in [0.4, 0.5) is 0 Å². The van der Waals surface area contributed by atoms with Crippen LogP contribution in [0, 0.1) is 6.92 Å². The minimum Gasteiger partial charge on any atom is -0.477 e. The number of carboxylic acids is 1. The first-order valence-corrected chi connectivity index (χ1v) is 7.51. The van der Waals surface area contributed by atoms with E-state index in [0.29, 0.717) is 22.3 Å². The first kappa shape index (κ1) is 13.0. The molecule has 0 aliphatic rings. The topological polar surface area (TPSA) is 72.2 Å². The zero-order chi connectivity index (χ0) is 14.3. The molecule has 7 heteroatoms. The maximum Gasteiger partial charge on any atom is 0.346 e. The predicted octanol–water partition coefficient (Wildman–Crippen LogP) is 2.57. The summed E-state index contributed by atoms with van der Waals surface area (Å²) in [5.41, 5.74) is 0.306. The lowest BCUT2D eigenvalue weighted by Crippen LogP contribution is -2.20. The molecule has 0 aromatic carbocycles. The molecule has 1 N–H and O–H groups in total. The highest BCUT2D eigenvalue weighted by molar-refractivity contribution is 7.20. The average Bonchev–Trinajstić information content (AvgIpc) is 3.01. The number of thiophene rings is 2. The van der Waals surface area contributed by atoms with E-state index in [0.717, 1.165) is 16.2 Å². The van der Waals surface area contributed by atoms with Crippen LogP contribution in [-0.4, -0.2) is 20.6 Å². The van der Waals surface area contributed by atoms with Crippen LogP contribution in [0.25, 0.3) is 10.2 Å². The molecule has 0 aliphatic carbocycles. The Balaban J connectivity index is 2.17. The van der Waals surface area contributed by atoms with Crippen LogP contribution in [-0.2, 0) is 6.54 Å². The average molecular weight is 306 g/mol. The number of carboxylic acid groups (broad SMARTS) is 1. The van der Waals surface area contributed by atoms with E-state index in [1.54, 1.807) is 18.3 Å². The fourth-order valence-electron chi connectivity index (χ4n) is 2.05. The SMILES string of the molecule is Cc1c(C(=O)O)sc2ncn(Cc3cccs3)c(=O)c12.